The number of anilines is 1. The van der Waals surface area contributed by atoms with E-state index in [2.05, 4.69) is 5.32 Å². The molecule has 2 fully saturated rings. The molecule has 2 aromatic carbocycles. The molecule has 1 N–H and O–H groups in total. The van der Waals surface area contributed by atoms with Crippen molar-refractivity contribution in [1.82, 2.24) is 9.21 Å². The second kappa shape index (κ2) is 9.38. The smallest absolute Gasteiger partial charge is 0.253 e. The summed E-state index contributed by atoms with van der Waals surface area (Å²) in [4.78, 5) is 27.3. The molecule has 170 valence electrons. The number of hydrogen-bond donors (Lipinski definition) is 1. The number of sulfonamides is 1. The van der Waals surface area contributed by atoms with Gasteiger partial charge in [-0.2, -0.15) is 4.31 Å². The summed E-state index contributed by atoms with van der Waals surface area (Å²) in [5.41, 5.74) is 0.902. The summed E-state index contributed by atoms with van der Waals surface area (Å²) in [5, 5.41) is 2.83. The van der Waals surface area contributed by atoms with Gasteiger partial charge in [0, 0.05) is 37.4 Å². The Morgan fingerprint density at radius 2 is 1.56 bits per heavy atom. The van der Waals surface area contributed by atoms with Gasteiger partial charge in [-0.1, -0.05) is 0 Å². The maximum atomic E-state index is 13.1. The molecule has 0 spiro atoms. The molecule has 0 bridgehead atoms. The van der Waals surface area contributed by atoms with Gasteiger partial charge in [-0.3, -0.25) is 9.59 Å². The Morgan fingerprint density at radius 3 is 2.22 bits per heavy atom. The van der Waals surface area contributed by atoms with Gasteiger partial charge in [0.1, 0.15) is 5.82 Å². The van der Waals surface area contributed by atoms with Gasteiger partial charge in [0.15, 0.2) is 0 Å². The Morgan fingerprint density at radius 1 is 0.906 bits per heavy atom. The highest BCUT2D eigenvalue weighted by Gasteiger charge is 2.30. The lowest BCUT2D eigenvalue weighted by atomic mass is 9.96. The van der Waals surface area contributed by atoms with Gasteiger partial charge < -0.3 is 10.2 Å². The first-order valence-electron chi connectivity index (χ1n) is 10.8. The Balaban J connectivity index is 1.38. The molecule has 2 aromatic rings. The average Bonchev–Trinajstić information content (AvgIpc) is 3.36. The lowest BCUT2D eigenvalue weighted by Gasteiger charge is -2.32. The highest BCUT2D eigenvalue weighted by molar-refractivity contribution is 7.89. The van der Waals surface area contributed by atoms with E-state index in [0.29, 0.717) is 43.7 Å². The van der Waals surface area contributed by atoms with Crippen LogP contribution in [0.2, 0.25) is 0 Å². The summed E-state index contributed by atoms with van der Waals surface area (Å²) in [6.07, 6.45) is 3.09. The van der Waals surface area contributed by atoms with Crippen molar-refractivity contribution < 1.29 is 22.4 Å². The van der Waals surface area contributed by atoms with Crippen molar-refractivity contribution in [3.63, 3.8) is 0 Å². The summed E-state index contributed by atoms with van der Waals surface area (Å²) in [6, 6.07) is 11.6. The fraction of sp³-hybridized carbons (Fsp3) is 0.391. The lowest BCUT2D eigenvalue weighted by Crippen LogP contribution is -2.43. The van der Waals surface area contributed by atoms with E-state index in [4.69, 9.17) is 0 Å². The number of piperidine rings is 1. The van der Waals surface area contributed by atoms with Crippen LogP contribution in [-0.4, -0.2) is 55.6 Å². The minimum absolute atomic E-state index is 0.211. The number of nitrogens with one attached hydrogen (secondary N) is 1. The molecule has 0 radical (unpaired) electrons. The predicted molar refractivity (Wildman–Crippen MR) is 118 cm³/mol. The molecule has 7 nitrogen and oxygen atoms in total. The maximum absolute atomic E-state index is 13.1. The summed E-state index contributed by atoms with van der Waals surface area (Å²) in [6.45, 7) is 1.90. The van der Waals surface area contributed by atoms with E-state index in [1.165, 1.54) is 40.7 Å². The maximum Gasteiger partial charge on any atom is 0.253 e. The van der Waals surface area contributed by atoms with E-state index in [9.17, 15) is 22.4 Å². The third-order valence-electron chi connectivity index (χ3n) is 6.00. The Hall–Kier alpha value is -2.78. The van der Waals surface area contributed by atoms with Gasteiger partial charge in [-0.05, 0) is 74.2 Å². The van der Waals surface area contributed by atoms with E-state index >= 15 is 0 Å². The summed E-state index contributed by atoms with van der Waals surface area (Å²) < 4.78 is 39.9. The summed E-state index contributed by atoms with van der Waals surface area (Å²) >= 11 is 0. The van der Waals surface area contributed by atoms with Crippen molar-refractivity contribution in [2.75, 3.05) is 31.5 Å². The van der Waals surface area contributed by atoms with Crippen LogP contribution in [-0.2, 0) is 14.8 Å². The first kappa shape index (κ1) is 22.4. The third-order valence-corrected chi connectivity index (χ3v) is 7.91. The molecule has 32 heavy (non-hydrogen) atoms. The highest BCUT2D eigenvalue weighted by Crippen LogP contribution is 2.24. The van der Waals surface area contributed by atoms with Crippen molar-refractivity contribution in [2.45, 2.75) is 30.6 Å². The van der Waals surface area contributed by atoms with E-state index in [0.717, 1.165) is 12.8 Å². The van der Waals surface area contributed by atoms with Gasteiger partial charge in [0.2, 0.25) is 15.9 Å². The van der Waals surface area contributed by atoms with Gasteiger partial charge >= 0.3 is 0 Å². The van der Waals surface area contributed by atoms with Crippen molar-refractivity contribution in [1.29, 1.82) is 0 Å². The Bertz CT molecular complexity index is 1080. The van der Waals surface area contributed by atoms with Crippen LogP contribution < -0.4 is 5.32 Å². The molecular weight excluding hydrogens is 433 g/mol. The van der Waals surface area contributed by atoms with Gasteiger partial charge in [-0.25, -0.2) is 12.8 Å². The van der Waals surface area contributed by atoms with Crippen LogP contribution in [0.15, 0.2) is 53.4 Å². The van der Waals surface area contributed by atoms with Crippen molar-refractivity contribution in [3.05, 3.63) is 59.9 Å². The van der Waals surface area contributed by atoms with E-state index in [1.54, 1.807) is 17.0 Å². The fourth-order valence-electron chi connectivity index (χ4n) is 4.18. The fourth-order valence-corrected chi connectivity index (χ4v) is 5.70. The monoisotopic (exact) mass is 459 g/mol. The minimum atomic E-state index is -3.50. The number of carbonyl (C=O) groups excluding carboxylic acids is 2. The molecular formula is C23H26FN3O4S. The molecule has 4 rings (SSSR count). The molecule has 0 unspecified atom stereocenters. The number of amides is 2. The van der Waals surface area contributed by atoms with Crippen LogP contribution in [0.25, 0.3) is 0 Å². The topological polar surface area (TPSA) is 86.8 Å². The number of rotatable bonds is 5. The lowest BCUT2D eigenvalue weighted by molar-refractivity contribution is -0.121. The Labute approximate surface area is 187 Å². The van der Waals surface area contributed by atoms with Crippen LogP contribution in [0, 0.1) is 11.7 Å². The third kappa shape index (κ3) is 4.83. The number of carbonyl (C=O) groups is 2. The summed E-state index contributed by atoms with van der Waals surface area (Å²) in [7, 11) is -3.50. The summed E-state index contributed by atoms with van der Waals surface area (Å²) in [5.74, 6) is -1.21. The molecule has 2 heterocycles. The van der Waals surface area contributed by atoms with Gasteiger partial charge in [0.25, 0.3) is 5.91 Å². The predicted octanol–water partition coefficient (Wildman–Crippen LogP) is 3.10. The van der Waals surface area contributed by atoms with E-state index < -0.39 is 15.8 Å². The standard InChI is InChI=1S/C23H26FN3O4S/c24-19-7-5-17(6-8-19)23(29)26-13-3-4-18(16-26)22(28)25-20-9-11-21(12-10-20)32(30,31)27-14-1-2-15-27/h5-12,18H,1-4,13-16H2,(H,25,28)/t18-/m0/s1. The molecule has 2 aliphatic heterocycles. The van der Waals surface area contributed by atoms with Crippen LogP contribution in [0.3, 0.4) is 0 Å². The molecule has 0 aliphatic carbocycles. The SMILES string of the molecule is O=C(Nc1ccc(S(=O)(=O)N2CCCC2)cc1)[C@H]1CCCN(C(=O)c2ccc(F)cc2)C1. The van der Waals surface area contributed by atoms with Crippen molar-refractivity contribution in [2.24, 2.45) is 5.92 Å². The number of hydrogen-bond acceptors (Lipinski definition) is 4. The van der Waals surface area contributed by atoms with E-state index in [-0.39, 0.29) is 29.2 Å². The van der Waals surface area contributed by atoms with Crippen molar-refractivity contribution in [3.8, 4) is 0 Å². The molecule has 2 saturated heterocycles. The molecule has 9 heteroatoms. The number of nitrogens with zero attached hydrogens (tertiary/aromatic N) is 2. The van der Waals surface area contributed by atoms with E-state index in [1.807, 2.05) is 0 Å². The average molecular weight is 460 g/mol. The van der Waals surface area contributed by atoms with Crippen LogP contribution in [0.5, 0.6) is 0 Å². The molecule has 0 saturated carbocycles. The zero-order valence-corrected chi connectivity index (χ0v) is 18.5. The zero-order valence-electron chi connectivity index (χ0n) is 17.7. The number of halogens is 1. The second-order valence-corrected chi connectivity index (χ2v) is 10.2. The molecule has 2 aliphatic rings. The van der Waals surface area contributed by atoms with Crippen LogP contribution in [0.4, 0.5) is 10.1 Å². The second-order valence-electron chi connectivity index (χ2n) is 8.22. The van der Waals surface area contributed by atoms with Gasteiger partial charge in [0.05, 0.1) is 10.8 Å². The number of likely N-dealkylation sites (tertiary alicyclic amines) is 1. The van der Waals surface area contributed by atoms with Crippen LogP contribution in [0.1, 0.15) is 36.0 Å². The van der Waals surface area contributed by atoms with Gasteiger partial charge in [-0.15, -0.1) is 0 Å². The quantitative estimate of drug-likeness (QED) is 0.745. The van der Waals surface area contributed by atoms with Crippen molar-refractivity contribution >= 4 is 27.5 Å². The van der Waals surface area contributed by atoms with Crippen LogP contribution >= 0.6 is 0 Å². The Kier molecular flexibility index (Phi) is 6.57. The first-order chi connectivity index (χ1) is 15.3. The number of benzene rings is 2. The largest absolute Gasteiger partial charge is 0.338 e. The first-order valence-corrected chi connectivity index (χ1v) is 12.2. The highest BCUT2D eigenvalue weighted by atomic mass is 32.2. The normalized spacial score (nSPS) is 19.7. The zero-order chi connectivity index (χ0) is 22.7. The molecule has 0 aromatic heterocycles. The molecule has 2 amide bonds. The minimum Gasteiger partial charge on any atom is -0.338 e. The molecule has 1 atom stereocenters.